The van der Waals surface area contributed by atoms with Crippen molar-refractivity contribution in [2.45, 2.75) is 25.5 Å². The number of fused-ring (bicyclic) bond motifs is 1. The Morgan fingerprint density at radius 2 is 2.00 bits per heavy atom. The highest BCUT2D eigenvalue weighted by molar-refractivity contribution is 7.91. The van der Waals surface area contributed by atoms with Crippen molar-refractivity contribution < 1.29 is 32.2 Å². The number of benzene rings is 1. The van der Waals surface area contributed by atoms with Gasteiger partial charge in [-0.05, 0) is 24.6 Å². The van der Waals surface area contributed by atoms with E-state index < -0.39 is 39.3 Å². The first-order valence-electron chi connectivity index (χ1n) is 8.52. The van der Waals surface area contributed by atoms with Gasteiger partial charge in [0.15, 0.2) is 21.2 Å². The van der Waals surface area contributed by atoms with E-state index in [4.69, 9.17) is 13.9 Å². The third kappa shape index (κ3) is 3.69. The highest BCUT2D eigenvalue weighted by Gasteiger charge is 2.37. The molecule has 0 radical (unpaired) electrons. The zero-order valence-corrected chi connectivity index (χ0v) is 16.5. The van der Waals surface area contributed by atoms with Crippen molar-refractivity contribution in [2.75, 3.05) is 25.7 Å². The van der Waals surface area contributed by atoms with Gasteiger partial charge in [0.25, 0.3) is 0 Å². The summed E-state index contributed by atoms with van der Waals surface area (Å²) in [5, 5.41) is 12.9. The molecule has 0 bridgehead atoms. The lowest BCUT2D eigenvalue weighted by atomic mass is 10.0. The van der Waals surface area contributed by atoms with Gasteiger partial charge in [-0.25, -0.2) is 13.2 Å². The molecule has 1 saturated heterocycles. The van der Waals surface area contributed by atoms with Crippen LogP contribution in [0, 0.1) is 6.92 Å². The maximum atomic E-state index is 12.5. The fraction of sp³-hybridized carbons (Fsp3) is 0.444. The molecule has 2 N–H and O–H groups in total. The summed E-state index contributed by atoms with van der Waals surface area (Å²) in [5.74, 6) is -0.620. The van der Waals surface area contributed by atoms with Crippen molar-refractivity contribution in [1.82, 2.24) is 5.32 Å². The molecule has 0 spiro atoms. The second-order valence-electron chi connectivity index (χ2n) is 6.67. The predicted molar refractivity (Wildman–Crippen MR) is 101 cm³/mol. The number of amides is 1. The van der Waals surface area contributed by atoms with Crippen molar-refractivity contribution in [3.05, 3.63) is 33.7 Å². The highest BCUT2D eigenvalue weighted by Crippen LogP contribution is 2.36. The van der Waals surface area contributed by atoms with E-state index in [1.165, 1.54) is 14.2 Å². The number of carbonyl (C=O) groups excluding carboxylic acids is 1. The Kier molecular flexibility index (Phi) is 5.35. The second kappa shape index (κ2) is 7.44. The molecule has 2 aromatic rings. The summed E-state index contributed by atoms with van der Waals surface area (Å²) in [4.78, 5) is 24.8. The van der Waals surface area contributed by atoms with Gasteiger partial charge in [0.05, 0.1) is 49.9 Å². The number of aliphatic hydroxyl groups excluding tert-OH is 1. The number of sulfone groups is 1. The molecule has 1 fully saturated rings. The summed E-state index contributed by atoms with van der Waals surface area (Å²) in [7, 11) is -0.505. The standard InChI is InChI=1S/C18H21NO8S/c1-9-10-4-5-14(25-2)17(26-3)16(10)27-18(22)11(9)6-15(21)19-12-7-28(23,24)8-13(12)20/h4-5,12-13,20H,6-8H2,1-3H3,(H,19,21)/t12-,13-/m1/s1. The predicted octanol–water partition coefficient (Wildman–Crippen LogP) is -0.0648. The van der Waals surface area contributed by atoms with Crippen LogP contribution in [-0.2, 0) is 21.1 Å². The lowest BCUT2D eigenvalue weighted by molar-refractivity contribution is -0.121. The Balaban J connectivity index is 1.91. The molecule has 1 aromatic heterocycles. The summed E-state index contributed by atoms with van der Waals surface area (Å²) >= 11 is 0. The fourth-order valence-electron chi connectivity index (χ4n) is 3.36. The van der Waals surface area contributed by atoms with Crippen LogP contribution >= 0.6 is 0 Å². The molecule has 1 aliphatic heterocycles. The zero-order chi connectivity index (χ0) is 20.6. The third-order valence-corrected chi connectivity index (χ3v) is 6.52. The largest absolute Gasteiger partial charge is 0.493 e. The maximum Gasteiger partial charge on any atom is 0.340 e. The molecule has 1 amide bonds. The summed E-state index contributed by atoms with van der Waals surface area (Å²) < 4.78 is 39.0. The van der Waals surface area contributed by atoms with Gasteiger partial charge in [0.1, 0.15) is 0 Å². The van der Waals surface area contributed by atoms with Crippen LogP contribution in [0.2, 0.25) is 0 Å². The van der Waals surface area contributed by atoms with E-state index in [2.05, 4.69) is 5.32 Å². The number of rotatable bonds is 5. The van der Waals surface area contributed by atoms with Crippen LogP contribution < -0.4 is 20.4 Å². The molecule has 10 heteroatoms. The first-order chi connectivity index (χ1) is 13.2. The van der Waals surface area contributed by atoms with Crippen LogP contribution in [0.5, 0.6) is 11.5 Å². The molecular formula is C18H21NO8S. The highest BCUT2D eigenvalue weighted by atomic mass is 32.2. The fourth-order valence-corrected chi connectivity index (χ4v) is 5.10. The average Bonchev–Trinajstić information content (AvgIpc) is 2.88. The SMILES string of the molecule is COc1ccc2c(C)c(CC(=O)N[C@@H]3CS(=O)(=O)C[C@H]3O)c(=O)oc2c1OC. The molecule has 9 nitrogen and oxygen atoms in total. The number of carbonyl (C=O) groups is 1. The van der Waals surface area contributed by atoms with Crippen LogP contribution in [0.25, 0.3) is 11.0 Å². The van der Waals surface area contributed by atoms with Crippen LogP contribution in [-0.4, -0.2) is 57.3 Å². The lowest BCUT2D eigenvalue weighted by Crippen LogP contribution is -2.43. The average molecular weight is 411 g/mol. The third-order valence-electron chi connectivity index (χ3n) is 4.80. The van der Waals surface area contributed by atoms with Gasteiger partial charge >= 0.3 is 5.63 Å². The van der Waals surface area contributed by atoms with E-state index in [0.717, 1.165) is 0 Å². The minimum absolute atomic E-state index is 0.146. The Morgan fingerprint density at radius 1 is 1.29 bits per heavy atom. The molecule has 28 heavy (non-hydrogen) atoms. The molecule has 0 unspecified atom stereocenters. The Labute approximate surface area is 161 Å². The Morgan fingerprint density at radius 3 is 2.57 bits per heavy atom. The Bertz CT molecular complexity index is 1090. The number of ether oxygens (including phenoxy) is 2. The minimum Gasteiger partial charge on any atom is -0.493 e. The lowest BCUT2D eigenvalue weighted by Gasteiger charge is -2.16. The number of methoxy groups -OCH3 is 2. The van der Waals surface area contributed by atoms with Gasteiger partial charge in [-0.15, -0.1) is 0 Å². The van der Waals surface area contributed by atoms with Gasteiger partial charge in [-0.3, -0.25) is 4.79 Å². The van der Waals surface area contributed by atoms with Crippen molar-refractivity contribution in [3.63, 3.8) is 0 Å². The smallest absolute Gasteiger partial charge is 0.340 e. The molecule has 2 heterocycles. The van der Waals surface area contributed by atoms with Crippen molar-refractivity contribution >= 4 is 26.7 Å². The van der Waals surface area contributed by atoms with Crippen LogP contribution in [0.3, 0.4) is 0 Å². The summed E-state index contributed by atoms with van der Waals surface area (Å²) in [6.07, 6.45) is -1.47. The number of aliphatic hydroxyl groups is 1. The maximum absolute atomic E-state index is 12.5. The van der Waals surface area contributed by atoms with E-state index in [9.17, 15) is 23.1 Å². The molecule has 3 rings (SSSR count). The molecular weight excluding hydrogens is 390 g/mol. The van der Waals surface area contributed by atoms with E-state index in [1.54, 1.807) is 19.1 Å². The van der Waals surface area contributed by atoms with E-state index in [-0.39, 0.29) is 29.1 Å². The van der Waals surface area contributed by atoms with Crippen LogP contribution in [0.1, 0.15) is 11.1 Å². The Hall–Kier alpha value is -2.59. The topological polar surface area (TPSA) is 132 Å². The molecule has 0 saturated carbocycles. The summed E-state index contributed by atoms with van der Waals surface area (Å²) in [5.41, 5.74) is 0.201. The van der Waals surface area contributed by atoms with Gasteiger partial charge in [-0.2, -0.15) is 0 Å². The van der Waals surface area contributed by atoms with E-state index in [1.807, 2.05) is 0 Å². The van der Waals surface area contributed by atoms with Gasteiger partial charge in [-0.1, -0.05) is 0 Å². The molecule has 2 atom stereocenters. The van der Waals surface area contributed by atoms with Crippen molar-refractivity contribution in [1.29, 1.82) is 0 Å². The first-order valence-corrected chi connectivity index (χ1v) is 10.3. The minimum atomic E-state index is -3.39. The van der Waals surface area contributed by atoms with Crippen LogP contribution in [0.4, 0.5) is 0 Å². The number of nitrogens with one attached hydrogen (secondary N) is 1. The quantitative estimate of drug-likeness (QED) is 0.654. The number of aryl methyl sites for hydroxylation is 1. The summed E-state index contributed by atoms with van der Waals surface area (Å²) in [6.45, 7) is 1.68. The first kappa shape index (κ1) is 20.2. The number of hydrogen-bond donors (Lipinski definition) is 2. The zero-order valence-electron chi connectivity index (χ0n) is 15.6. The molecule has 1 aliphatic rings. The summed E-state index contributed by atoms with van der Waals surface area (Å²) in [6, 6.07) is 2.47. The molecule has 0 aliphatic carbocycles. The van der Waals surface area contributed by atoms with Crippen molar-refractivity contribution in [3.8, 4) is 11.5 Å². The molecule has 1 aromatic carbocycles. The van der Waals surface area contributed by atoms with Gasteiger partial charge in [0, 0.05) is 5.39 Å². The molecule has 152 valence electrons. The number of hydrogen-bond acceptors (Lipinski definition) is 8. The van der Waals surface area contributed by atoms with Crippen molar-refractivity contribution in [2.24, 2.45) is 0 Å². The van der Waals surface area contributed by atoms with E-state index in [0.29, 0.717) is 16.7 Å². The van der Waals surface area contributed by atoms with E-state index >= 15 is 0 Å². The second-order valence-corrected chi connectivity index (χ2v) is 8.82. The monoisotopic (exact) mass is 411 g/mol. The normalized spacial score (nSPS) is 20.9. The van der Waals surface area contributed by atoms with Gasteiger partial charge in [0.2, 0.25) is 11.7 Å². The van der Waals surface area contributed by atoms with Gasteiger partial charge < -0.3 is 24.3 Å². The van der Waals surface area contributed by atoms with Crippen LogP contribution in [0.15, 0.2) is 21.3 Å².